The maximum atomic E-state index is 14.7. The van der Waals surface area contributed by atoms with Gasteiger partial charge in [-0.2, -0.15) is 4.31 Å². The van der Waals surface area contributed by atoms with Crippen molar-refractivity contribution in [3.05, 3.63) is 71.5 Å². The average Bonchev–Trinajstić information content (AvgIpc) is 3.99. The van der Waals surface area contributed by atoms with Crippen LogP contribution < -0.4 is 16.1 Å². The molecule has 0 spiro atoms. The van der Waals surface area contributed by atoms with Crippen LogP contribution in [0.3, 0.4) is 0 Å². The Morgan fingerprint density at radius 1 is 1.07 bits per heavy atom. The number of carbonyl (C=O) groups is 4. The number of rotatable bonds is 11. The van der Waals surface area contributed by atoms with Crippen molar-refractivity contribution in [2.45, 2.75) is 110 Å². The Hall–Kier alpha value is -5.40. The summed E-state index contributed by atoms with van der Waals surface area (Å²) in [7, 11) is -0.368. The molecule has 2 aromatic carbocycles. The van der Waals surface area contributed by atoms with Gasteiger partial charge in [0.1, 0.15) is 29.2 Å². The first-order chi connectivity index (χ1) is 32.3. The highest BCUT2D eigenvalue weighted by Crippen LogP contribution is 2.42. The van der Waals surface area contributed by atoms with Gasteiger partial charge in [0.25, 0.3) is 5.91 Å². The summed E-state index contributed by atoms with van der Waals surface area (Å²) >= 11 is 0. The highest BCUT2D eigenvalue weighted by atomic mass is 32.2. The standard InChI is InChI=1S/C50H66N8O9S/c1-9-57-41-15-14-32-24-37(41)38(45(57)36-12-10-17-51-43(36)30(4)66-8)25-50(5,6)28-67-49(63)39-13-11-18-58(54-39)48(62)40(22-31-20-34(32)23-35(59)21-31)53-46(60)44(29(2)3)55(7)47(61)33-16-19-56(27-33)68(64,65)42-26-52-42/h10,12,14-15,17,20-21,23-24,29-30,33,39-40,42,44,52,54,59H,9,11,13,16,18-19,22,25-28H2,1-8H3,(H,53,60)/t30-,33-,39-,40-,42+,44-/m0/s1. The SMILES string of the molecule is CCn1c(-c2cccnc2[C@H](C)OC)c2c3cc(ccc31)-c1cc(O)cc(c1)C[C@H](NC(=O)[C@H](C(C)C)N(C)C(=O)[C@H]1CCN(S(=O)(=O)[C@@H]3CN3)C1)C(=O)N1CCC[C@H](N1)C(=O)OCC(C)(C)C2. The van der Waals surface area contributed by atoms with Crippen molar-refractivity contribution in [3.63, 3.8) is 0 Å². The molecule has 6 bridgehead atoms. The first-order valence-electron chi connectivity index (χ1n) is 23.8. The number of sulfonamides is 1. The Kier molecular flexibility index (Phi) is 14.1. The van der Waals surface area contributed by atoms with E-state index in [1.165, 1.54) is 14.2 Å². The van der Waals surface area contributed by atoms with E-state index in [2.05, 4.69) is 59.6 Å². The minimum atomic E-state index is -3.57. The second-order valence-corrected chi connectivity index (χ2v) is 22.1. The van der Waals surface area contributed by atoms with Crippen LogP contribution in [0, 0.1) is 17.3 Å². The van der Waals surface area contributed by atoms with E-state index in [0.29, 0.717) is 49.9 Å². The number of likely N-dealkylation sites (N-methyl/N-ethyl adjacent to an activating group) is 1. The molecule has 17 nitrogen and oxygen atoms in total. The lowest BCUT2D eigenvalue weighted by Gasteiger charge is -2.37. The zero-order chi connectivity index (χ0) is 48.8. The number of amides is 3. The minimum Gasteiger partial charge on any atom is -0.508 e. The third-order valence-corrected chi connectivity index (χ3v) is 16.0. The number of fused-ring (bicyclic) bond motifs is 6. The van der Waals surface area contributed by atoms with Crippen LogP contribution in [-0.2, 0) is 58.1 Å². The number of aromatic hydroxyl groups is 1. The molecule has 4 N–H and O–H groups in total. The van der Waals surface area contributed by atoms with Crippen molar-refractivity contribution in [1.29, 1.82) is 0 Å². The molecule has 68 heavy (non-hydrogen) atoms. The van der Waals surface area contributed by atoms with Crippen molar-refractivity contribution in [3.8, 4) is 28.1 Å². The molecule has 18 heteroatoms. The molecule has 0 saturated carbocycles. The number of phenols is 1. The molecule has 4 aliphatic rings. The number of hydrazine groups is 1. The molecule has 8 rings (SSSR count). The van der Waals surface area contributed by atoms with Gasteiger partial charge in [-0.25, -0.2) is 13.8 Å². The zero-order valence-corrected chi connectivity index (χ0v) is 41.2. The lowest BCUT2D eigenvalue weighted by atomic mass is 9.84. The number of pyridine rings is 1. The fourth-order valence-corrected chi connectivity index (χ4v) is 11.9. The number of methoxy groups -OCH3 is 1. The number of nitrogens with zero attached hydrogens (tertiary/aromatic N) is 5. The average molecular weight is 955 g/mol. The van der Waals surface area contributed by atoms with Crippen molar-refractivity contribution < 1.29 is 42.2 Å². The molecule has 0 unspecified atom stereocenters. The Morgan fingerprint density at radius 2 is 1.84 bits per heavy atom. The molecule has 6 atom stereocenters. The number of cyclic esters (lactones) is 1. The van der Waals surface area contributed by atoms with Gasteiger partial charge < -0.3 is 29.4 Å². The van der Waals surface area contributed by atoms with Gasteiger partial charge in [0.15, 0.2) is 0 Å². The van der Waals surface area contributed by atoms with E-state index in [9.17, 15) is 32.7 Å². The monoisotopic (exact) mass is 954 g/mol. The number of carbonyl (C=O) groups excluding carboxylic acids is 4. The highest BCUT2D eigenvalue weighted by Gasteiger charge is 2.46. The molecule has 0 radical (unpaired) electrons. The molecule has 4 aliphatic heterocycles. The number of aromatic nitrogens is 2. The molecule has 2 aromatic heterocycles. The molecule has 3 saturated heterocycles. The number of benzene rings is 2. The molecule has 3 amide bonds. The molecule has 3 fully saturated rings. The van der Waals surface area contributed by atoms with Gasteiger partial charge in [-0.05, 0) is 104 Å². The largest absolute Gasteiger partial charge is 0.508 e. The van der Waals surface area contributed by atoms with Crippen molar-refractivity contribution in [1.82, 2.24) is 39.8 Å². The minimum absolute atomic E-state index is 0.0255. The van der Waals surface area contributed by atoms with E-state index in [1.54, 1.807) is 32.5 Å². The summed E-state index contributed by atoms with van der Waals surface area (Å²) in [5, 5.41) is 18.9. The van der Waals surface area contributed by atoms with Crippen LogP contribution in [0.4, 0.5) is 0 Å². The quantitative estimate of drug-likeness (QED) is 0.121. The van der Waals surface area contributed by atoms with Gasteiger partial charge >= 0.3 is 5.97 Å². The van der Waals surface area contributed by atoms with Gasteiger partial charge in [-0.15, -0.1) is 0 Å². The summed E-state index contributed by atoms with van der Waals surface area (Å²) in [4.78, 5) is 63.5. The fourth-order valence-electron chi connectivity index (χ4n) is 10.3. The Labute approximate surface area is 398 Å². The summed E-state index contributed by atoms with van der Waals surface area (Å²) in [6, 6.07) is 12.3. The summed E-state index contributed by atoms with van der Waals surface area (Å²) in [5.41, 5.74) is 9.42. The molecule has 6 heterocycles. The van der Waals surface area contributed by atoms with E-state index in [-0.39, 0.29) is 50.4 Å². The number of hydrogen-bond acceptors (Lipinski definition) is 12. The van der Waals surface area contributed by atoms with Crippen molar-refractivity contribution in [2.75, 3.05) is 46.9 Å². The normalized spacial score (nSPS) is 23.2. The second-order valence-electron chi connectivity index (χ2n) is 20.0. The summed E-state index contributed by atoms with van der Waals surface area (Å²) in [6.45, 7) is 13.4. The van der Waals surface area contributed by atoms with E-state index in [4.69, 9.17) is 14.5 Å². The number of phenolic OH excluding ortho intramolecular Hbond substituents is 1. The summed E-state index contributed by atoms with van der Waals surface area (Å²) in [5.74, 6) is -2.98. The van der Waals surface area contributed by atoms with E-state index in [1.807, 2.05) is 39.0 Å². The summed E-state index contributed by atoms with van der Waals surface area (Å²) < 4.78 is 41.4. The smallest absolute Gasteiger partial charge is 0.324 e. The number of esters is 1. The first kappa shape index (κ1) is 49.0. The van der Waals surface area contributed by atoms with Gasteiger partial charge in [-0.1, -0.05) is 39.8 Å². The third-order valence-electron chi connectivity index (χ3n) is 13.9. The van der Waals surface area contributed by atoms with E-state index < -0.39 is 68.6 Å². The van der Waals surface area contributed by atoms with E-state index in [0.717, 1.165) is 39.0 Å². The Bertz CT molecular complexity index is 2700. The van der Waals surface area contributed by atoms with Crippen LogP contribution in [0.2, 0.25) is 0 Å². The van der Waals surface area contributed by atoms with Crippen LogP contribution in [0.5, 0.6) is 5.75 Å². The molecular weight excluding hydrogens is 889 g/mol. The summed E-state index contributed by atoms with van der Waals surface area (Å²) in [6.07, 6.45) is 3.21. The van der Waals surface area contributed by atoms with Gasteiger partial charge in [0.2, 0.25) is 21.8 Å². The van der Waals surface area contributed by atoms with Gasteiger partial charge in [0, 0.05) is 81.4 Å². The third kappa shape index (κ3) is 9.88. The van der Waals surface area contributed by atoms with Crippen LogP contribution in [0.25, 0.3) is 33.3 Å². The van der Waals surface area contributed by atoms with Gasteiger partial charge in [0.05, 0.1) is 30.0 Å². The van der Waals surface area contributed by atoms with Crippen LogP contribution >= 0.6 is 0 Å². The lowest BCUT2D eigenvalue weighted by Crippen LogP contribution is -2.62. The van der Waals surface area contributed by atoms with Gasteiger partial charge in [-0.3, -0.25) is 34.5 Å². The maximum Gasteiger partial charge on any atom is 0.324 e. The number of ether oxygens (including phenoxy) is 2. The predicted molar refractivity (Wildman–Crippen MR) is 257 cm³/mol. The molecular formula is C50H66N8O9S. The highest BCUT2D eigenvalue weighted by molar-refractivity contribution is 7.90. The van der Waals surface area contributed by atoms with Crippen molar-refractivity contribution >= 4 is 44.6 Å². The topological polar surface area (TPSA) is 215 Å². The predicted octanol–water partition coefficient (Wildman–Crippen LogP) is 4.52. The van der Waals surface area contributed by atoms with Crippen molar-refractivity contribution in [2.24, 2.45) is 17.3 Å². The lowest BCUT2D eigenvalue weighted by molar-refractivity contribution is -0.155. The molecule has 0 aliphatic carbocycles. The Balaban J connectivity index is 1.18. The maximum absolute atomic E-state index is 14.7. The number of aryl methyl sites for hydroxylation is 1. The molecule has 366 valence electrons. The van der Waals surface area contributed by atoms with Crippen LogP contribution in [0.1, 0.15) is 83.7 Å². The van der Waals surface area contributed by atoms with Crippen LogP contribution in [0.15, 0.2) is 54.7 Å². The van der Waals surface area contributed by atoms with E-state index >= 15 is 0 Å². The zero-order valence-electron chi connectivity index (χ0n) is 40.4. The number of nitrogens with one attached hydrogen (secondary N) is 3. The fraction of sp³-hybridized carbons (Fsp3) is 0.540. The first-order valence-corrected chi connectivity index (χ1v) is 25.3. The Morgan fingerprint density at radius 3 is 2.54 bits per heavy atom. The van der Waals surface area contributed by atoms with Crippen LogP contribution in [-0.4, -0.2) is 131 Å². The number of hydrogen-bond donors (Lipinski definition) is 4. The molecule has 4 aromatic rings. The second kappa shape index (κ2) is 19.5.